The molecule has 0 saturated heterocycles. The second-order valence-electron chi connectivity index (χ2n) is 5.40. The van der Waals surface area contributed by atoms with Gasteiger partial charge in [-0.05, 0) is 42.9 Å². The molecular weight excluding hydrogens is 361 g/mol. The van der Waals surface area contributed by atoms with Crippen molar-refractivity contribution in [3.63, 3.8) is 0 Å². The van der Waals surface area contributed by atoms with Crippen molar-refractivity contribution in [1.29, 1.82) is 0 Å². The van der Waals surface area contributed by atoms with Gasteiger partial charge in [0.25, 0.3) is 0 Å². The molecule has 0 saturated carbocycles. The Morgan fingerprint density at radius 2 is 2.04 bits per heavy atom. The van der Waals surface area contributed by atoms with Gasteiger partial charge < -0.3 is 5.32 Å². The van der Waals surface area contributed by atoms with Crippen LogP contribution < -0.4 is 10.6 Å². The Morgan fingerprint density at radius 3 is 2.84 bits per heavy atom. The van der Waals surface area contributed by atoms with Crippen LogP contribution >= 0.6 is 23.8 Å². The number of hydrogen-bond donors (Lipinski definition) is 2. The van der Waals surface area contributed by atoms with Crippen molar-refractivity contribution < 1.29 is 4.39 Å². The summed E-state index contributed by atoms with van der Waals surface area (Å²) in [5.74, 6) is 0.0506. The molecule has 25 heavy (non-hydrogen) atoms. The van der Waals surface area contributed by atoms with Crippen molar-refractivity contribution in [1.82, 2.24) is 14.8 Å². The lowest BCUT2D eigenvalue weighted by molar-refractivity contribution is 0.585. The molecule has 0 unspecified atom stereocenters. The average Bonchev–Trinajstić information content (AvgIpc) is 3.00. The van der Waals surface area contributed by atoms with Crippen LogP contribution in [0.25, 0.3) is 0 Å². The Balaban J connectivity index is 1.64. The van der Waals surface area contributed by atoms with Crippen LogP contribution in [0.4, 0.5) is 16.0 Å². The smallest absolute Gasteiger partial charge is 0.248 e. The molecule has 2 aromatic carbocycles. The van der Waals surface area contributed by atoms with Crippen LogP contribution in [-0.4, -0.2) is 19.9 Å². The first kappa shape index (κ1) is 17.3. The summed E-state index contributed by atoms with van der Waals surface area (Å²) < 4.78 is 15.2. The van der Waals surface area contributed by atoms with Crippen molar-refractivity contribution >= 4 is 40.6 Å². The SMILES string of the molecule is Cc1ccc(Cl)cc1NC(=S)Nc1ncn(Cc2ccccc2F)n1. The molecular formula is C17H15ClFN5S. The molecule has 0 amide bonds. The molecule has 0 atom stereocenters. The summed E-state index contributed by atoms with van der Waals surface area (Å²) in [4.78, 5) is 4.13. The fourth-order valence-electron chi connectivity index (χ4n) is 2.21. The number of benzene rings is 2. The minimum atomic E-state index is -0.277. The van der Waals surface area contributed by atoms with Crippen LogP contribution in [0.3, 0.4) is 0 Å². The summed E-state index contributed by atoms with van der Waals surface area (Å²) in [6.45, 7) is 2.23. The van der Waals surface area contributed by atoms with Gasteiger partial charge in [0.2, 0.25) is 5.95 Å². The summed E-state index contributed by atoms with van der Waals surface area (Å²) in [6.07, 6.45) is 1.52. The highest BCUT2D eigenvalue weighted by Gasteiger charge is 2.07. The Morgan fingerprint density at radius 1 is 1.24 bits per heavy atom. The van der Waals surface area contributed by atoms with E-state index in [9.17, 15) is 4.39 Å². The van der Waals surface area contributed by atoms with E-state index in [1.54, 1.807) is 24.3 Å². The molecule has 0 aliphatic rings. The van der Waals surface area contributed by atoms with Crippen molar-refractivity contribution in [2.24, 2.45) is 0 Å². The van der Waals surface area contributed by atoms with Crippen molar-refractivity contribution in [2.75, 3.05) is 10.6 Å². The monoisotopic (exact) mass is 375 g/mol. The second kappa shape index (κ2) is 7.58. The van der Waals surface area contributed by atoms with Crippen LogP contribution in [0, 0.1) is 12.7 Å². The summed E-state index contributed by atoms with van der Waals surface area (Å²) in [5, 5.41) is 11.2. The number of hydrogen-bond acceptors (Lipinski definition) is 3. The van der Waals surface area contributed by atoms with Crippen LogP contribution in [0.5, 0.6) is 0 Å². The molecule has 2 N–H and O–H groups in total. The van der Waals surface area contributed by atoms with E-state index >= 15 is 0 Å². The van der Waals surface area contributed by atoms with E-state index in [0.29, 0.717) is 21.6 Å². The largest absolute Gasteiger partial charge is 0.332 e. The lowest BCUT2D eigenvalue weighted by atomic mass is 10.2. The molecule has 0 aliphatic carbocycles. The molecule has 0 radical (unpaired) electrons. The predicted molar refractivity (Wildman–Crippen MR) is 102 cm³/mol. The molecule has 3 rings (SSSR count). The third-order valence-electron chi connectivity index (χ3n) is 3.50. The minimum absolute atomic E-state index is 0.277. The molecule has 0 bridgehead atoms. The molecule has 0 spiro atoms. The predicted octanol–water partition coefficient (Wildman–Crippen LogP) is 4.24. The number of halogens is 2. The highest BCUT2D eigenvalue weighted by Crippen LogP contribution is 2.20. The molecule has 128 valence electrons. The third kappa shape index (κ3) is 4.52. The quantitative estimate of drug-likeness (QED) is 0.668. The van der Waals surface area contributed by atoms with E-state index < -0.39 is 0 Å². The zero-order chi connectivity index (χ0) is 17.8. The highest BCUT2D eigenvalue weighted by molar-refractivity contribution is 7.80. The fourth-order valence-corrected chi connectivity index (χ4v) is 2.59. The Hall–Kier alpha value is -2.51. The Labute approximate surface area is 154 Å². The first-order valence-electron chi connectivity index (χ1n) is 7.48. The molecule has 0 fully saturated rings. The second-order valence-corrected chi connectivity index (χ2v) is 6.24. The topological polar surface area (TPSA) is 54.8 Å². The van der Waals surface area contributed by atoms with E-state index in [2.05, 4.69) is 20.7 Å². The number of aryl methyl sites for hydroxylation is 1. The molecule has 8 heteroatoms. The maximum atomic E-state index is 13.7. The fraction of sp³-hybridized carbons (Fsp3) is 0.118. The van der Waals surface area contributed by atoms with Gasteiger partial charge in [-0.25, -0.2) is 14.1 Å². The number of nitrogens with one attached hydrogen (secondary N) is 2. The van der Waals surface area contributed by atoms with E-state index in [1.165, 1.54) is 17.1 Å². The maximum Gasteiger partial charge on any atom is 0.248 e. The minimum Gasteiger partial charge on any atom is -0.332 e. The van der Waals surface area contributed by atoms with Crippen LogP contribution in [0.1, 0.15) is 11.1 Å². The van der Waals surface area contributed by atoms with Crippen LogP contribution in [-0.2, 0) is 6.54 Å². The van der Waals surface area contributed by atoms with Crippen molar-refractivity contribution in [3.8, 4) is 0 Å². The molecule has 0 aliphatic heterocycles. The van der Waals surface area contributed by atoms with Gasteiger partial charge in [0.15, 0.2) is 5.11 Å². The zero-order valence-electron chi connectivity index (χ0n) is 13.3. The number of rotatable bonds is 4. The van der Waals surface area contributed by atoms with E-state index in [0.717, 1.165) is 11.3 Å². The number of anilines is 2. The van der Waals surface area contributed by atoms with Gasteiger partial charge in [0.1, 0.15) is 12.1 Å². The van der Waals surface area contributed by atoms with Gasteiger partial charge in [0.05, 0.1) is 6.54 Å². The first-order valence-corrected chi connectivity index (χ1v) is 8.27. The standard InChI is InChI=1S/C17H15ClFN5S/c1-11-6-7-13(18)8-15(11)21-17(25)22-16-20-10-24(23-16)9-12-4-2-3-5-14(12)19/h2-8,10H,9H2,1H3,(H2,21,22,23,25). The summed E-state index contributed by atoms with van der Waals surface area (Å²) >= 11 is 11.3. The zero-order valence-corrected chi connectivity index (χ0v) is 14.9. The number of aromatic nitrogens is 3. The maximum absolute atomic E-state index is 13.7. The van der Waals surface area contributed by atoms with Crippen molar-refractivity contribution in [3.05, 3.63) is 70.8 Å². The summed E-state index contributed by atoms with van der Waals surface area (Å²) in [5.41, 5.74) is 2.34. The van der Waals surface area contributed by atoms with Gasteiger partial charge in [-0.3, -0.25) is 5.32 Å². The van der Waals surface area contributed by atoms with Gasteiger partial charge in [-0.2, -0.15) is 0 Å². The van der Waals surface area contributed by atoms with E-state index in [1.807, 2.05) is 19.1 Å². The Kier molecular flexibility index (Phi) is 5.25. The molecule has 1 aromatic heterocycles. The molecule has 3 aromatic rings. The highest BCUT2D eigenvalue weighted by atomic mass is 35.5. The number of thiocarbonyl (C=S) groups is 1. The van der Waals surface area contributed by atoms with Gasteiger partial charge in [0, 0.05) is 16.3 Å². The average molecular weight is 376 g/mol. The molecule has 5 nitrogen and oxygen atoms in total. The third-order valence-corrected chi connectivity index (χ3v) is 3.94. The summed E-state index contributed by atoms with van der Waals surface area (Å²) in [6, 6.07) is 12.0. The lowest BCUT2D eigenvalue weighted by Crippen LogP contribution is -2.20. The first-order chi connectivity index (χ1) is 12.0. The normalized spacial score (nSPS) is 10.5. The van der Waals surface area contributed by atoms with E-state index in [-0.39, 0.29) is 12.4 Å². The summed E-state index contributed by atoms with van der Waals surface area (Å²) in [7, 11) is 0. The lowest BCUT2D eigenvalue weighted by Gasteiger charge is -2.10. The Bertz CT molecular complexity index is 912. The van der Waals surface area contributed by atoms with Crippen LogP contribution in [0.2, 0.25) is 5.02 Å². The van der Waals surface area contributed by atoms with Gasteiger partial charge in [-0.15, -0.1) is 5.10 Å². The van der Waals surface area contributed by atoms with E-state index in [4.69, 9.17) is 23.8 Å². The number of nitrogens with zero attached hydrogens (tertiary/aromatic N) is 3. The van der Waals surface area contributed by atoms with Crippen molar-refractivity contribution in [2.45, 2.75) is 13.5 Å². The van der Waals surface area contributed by atoms with Crippen LogP contribution in [0.15, 0.2) is 48.8 Å². The molecule has 1 heterocycles. The van der Waals surface area contributed by atoms with Gasteiger partial charge in [-0.1, -0.05) is 35.9 Å². The van der Waals surface area contributed by atoms with Gasteiger partial charge >= 0.3 is 0 Å².